The van der Waals surface area contributed by atoms with Gasteiger partial charge in [0.25, 0.3) is 5.69 Å². The maximum atomic E-state index is 12.4. The van der Waals surface area contributed by atoms with E-state index in [9.17, 15) is 10.1 Å². The van der Waals surface area contributed by atoms with Crippen molar-refractivity contribution < 1.29 is 4.92 Å². The molecular weight excluding hydrogens is 746 g/mol. The van der Waals surface area contributed by atoms with Gasteiger partial charge in [0.05, 0.1) is 10.5 Å². The minimum atomic E-state index is -0.176. The largest absolute Gasteiger partial charge is 0.278 e. The topological polar surface area (TPSA) is 43.1 Å². The standard InChI is InChI=1S/C45H71Br2NO2/c1-3-5-7-9-11-13-15-17-19-21-23-25-27-29-33-45(34-30-28-26-24-22-20-18-16-14-12-10-8-6-4-2)41-35-38(46)31-32-40(41)44-42(45)36-39(47)37-43(44)48(49)50/h31-32,35-37H,3-30,33-34H2,1-2H3. The number of halogens is 2. The van der Waals surface area contributed by atoms with Crippen molar-refractivity contribution in [2.75, 3.05) is 0 Å². The van der Waals surface area contributed by atoms with E-state index in [-0.39, 0.29) is 16.0 Å². The molecule has 282 valence electrons. The first-order valence-electron chi connectivity index (χ1n) is 21.2. The van der Waals surface area contributed by atoms with Crippen molar-refractivity contribution in [2.45, 2.75) is 212 Å². The van der Waals surface area contributed by atoms with Gasteiger partial charge in [-0.05, 0) is 47.7 Å². The van der Waals surface area contributed by atoms with Crippen molar-refractivity contribution in [1.29, 1.82) is 0 Å². The molecule has 2 aromatic rings. The number of fused-ring (bicyclic) bond motifs is 3. The fourth-order valence-corrected chi connectivity index (χ4v) is 9.39. The fourth-order valence-electron chi connectivity index (χ4n) is 8.58. The maximum Gasteiger partial charge on any atom is 0.278 e. The molecule has 0 heterocycles. The summed E-state index contributed by atoms with van der Waals surface area (Å²) in [5.74, 6) is 0. The molecule has 0 amide bonds. The molecule has 0 fully saturated rings. The molecule has 0 radical (unpaired) electrons. The Morgan fingerprint density at radius 2 is 0.860 bits per heavy atom. The van der Waals surface area contributed by atoms with Crippen LogP contribution in [0.25, 0.3) is 11.1 Å². The van der Waals surface area contributed by atoms with Crippen molar-refractivity contribution in [1.82, 2.24) is 0 Å². The number of nitro benzene ring substituents is 1. The van der Waals surface area contributed by atoms with Gasteiger partial charge >= 0.3 is 0 Å². The van der Waals surface area contributed by atoms with E-state index >= 15 is 0 Å². The van der Waals surface area contributed by atoms with Crippen LogP contribution in [0.5, 0.6) is 0 Å². The maximum absolute atomic E-state index is 12.4. The molecule has 2 aromatic carbocycles. The highest BCUT2D eigenvalue weighted by atomic mass is 79.9. The monoisotopic (exact) mass is 815 g/mol. The average molecular weight is 818 g/mol. The van der Waals surface area contributed by atoms with Crippen molar-refractivity contribution in [3.05, 3.63) is 60.5 Å². The fraction of sp³-hybridized carbons (Fsp3) is 0.733. The van der Waals surface area contributed by atoms with Crippen molar-refractivity contribution in [3.63, 3.8) is 0 Å². The normalized spacial score (nSPS) is 13.1. The molecule has 1 aliphatic carbocycles. The highest BCUT2D eigenvalue weighted by Crippen LogP contribution is 2.57. The van der Waals surface area contributed by atoms with Crippen molar-refractivity contribution in [2.24, 2.45) is 0 Å². The van der Waals surface area contributed by atoms with Crippen LogP contribution in [-0.4, -0.2) is 4.92 Å². The molecule has 0 saturated carbocycles. The predicted molar refractivity (Wildman–Crippen MR) is 225 cm³/mol. The predicted octanol–water partition coefficient (Wildman–Crippen LogP) is 17.1. The minimum absolute atomic E-state index is 0.169. The molecule has 50 heavy (non-hydrogen) atoms. The highest BCUT2D eigenvalue weighted by molar-refractivity contribution is 9.10. The summed E-state index contributed by atoms with van der Waals surface area (Å²) in [6, 6.07) is 10.4. The third-order valence-electron chi connectivity index (χ3n) is 11.5. The van der Waals surface area contributed by atoms with Crippen LogP contribution >= 0.6 is 31.9 Å². The summed E-state index contributed by atoms with van der Waals surface area (Å²) in [6.07, 6.45) is 40.1. The molecule has 5 heteroatoms. The number of nitrogens with zero attached hydrogens (tertiary/aromatic N) is 1. The Hall–Kier alpha value is -1.20. The second kappa shape index (κ2) is 25.7. The van der Waals surface area contributed by atoms with Gasteiger partial charge in [-0.25, -0.2) is 0 Å². The van der Waals surface area contributed by atoms with E-state index in [1.54, 1.807) is 6.07 Å². The summed E-state index contributed by atoms with van der Waals surface area (Å²) in [7, 11) is 0. The van der Waals surface area contributed by atoms with Gasteiger partial charge in [0.15, 0.2) is 0 Å². The van der Waals surface area contributed by atoms with Crippen LogP contribution < -0.4 is 0 Å². The minimum Gasteiger partial charge on any atom is -0.258 e. The zero-order valence-corrected chi connectivity index (χ0v) is 35.3. The Balaban J connectivity index is 1.53. The second-order valence-electron chi connectivity index (χ2n) is 15.6. The first kappa shape index (κ1) is 43.2. The Kier molecular flexibility index (Phi) is 22.2. The molecule has 1 aliphatic rings. The molecule has 0 unspecified atom stereocenters. The molecule has 3 rings (SSSR count). The van der Waals surface area contributed by atoms with E-state index < -0.39 is 0 Å². The number of unbranched alkanes of at least 4 members (excludes halogenated alkanes) is 26. The first-order valence-corrected chi connectivity index (χ1v) is 22.8. The lowest BCUT2D eigenvalue weighted by molar-refractivity contribution is -0.384. The van der Waals surface area contributed by atoms with Crippen LogP contribution in [0.4, 0.5) is 5.69 Å². The van der Waals surface area contributed by atoms with Gasteiger partial charge < -0.3 is 0 Å². The van der Waals surface area contributed by atoms with E-state index in [1.165, 1.54) is 191 Å². The lowest BCUT2D eigenvalue weighted by Gasteiger charge is -2.33. The third-order valence-corrected chi connectivity index (χ3v) is 12.4. The van der Waals surface area contributed by atoms with Gasteiger partial charge in [-0.1, -0.05) is 232 Å². The Labute approximate surface area is 324 Å². The Bertz CT molecular complexity index is 1200. The Morgan fingerprint density at radius 3 is 1.24 bits per heavy atom. The zero-order valence-electron chi connectivity index (χ0n) is 32.1. The van der Waals surface area contributed by atoms with E-state index in [1.807, 2.05) is 0 Å². The first-order chi connectivity index (χ1) is 24.4. The van der Waals surface area contributed by atoms with Crippen LogP contribution in [0.1, 0.15) is 218 Å². The van der Waals surface area contributed by atoms with Gasteiger partial charge in [-0.3, -0.25) is 10.1 Å². The quantitative estimate of drug-likeness (QED) is 0.0432. The smallest absolute Gasteiger partial charge is 0.258 e. The molecule has 0 aromatic heterocycles. The third kappa shape index (κ3) is 14.7. The van der Waals surface area contributed by atoms with E-state index in [0.29, 0.717) is 0 Å². The van der Waals surface area contributed by atoms with Crippen LogP contribution in [-0.2, 0) is 5.41 Å². The summed E-state index contributed by atoms with van der Waals surface area (Å²) in [5.41, 5.74) is 4.47. The van der Waals surface area contributed by atoms with Gasteiger partial charge in [0.1, 0.15) is 0 Å². The van der Waals surface area contributed by atoms with E-state index in [0.717, 1.165) is 32.9 Å². The zero-order chi connectivity index (χ0) is 35.9. The van der Waals surface area contributed by atoms with Crippen molar-refractivity contribution in [3.8, 4) is 11.1 Å². The molecule has 0 spiro atoms. The number of rotatable bonds is 31. The van der Waals surface area contributed by atoms with Gasteiger partial charge in [0.2, 0.25) is 0 Å². The van der Waals surface area contributed by atoms with Crippen molar-refractivity contribution >= 4 is 37.5 Å². The summed E-state index contributed by atoms with van der Waals surface area (Å²) in [6.45, 7) is 4.58. The van der Waals surface area contributed by atoms with Gasteiger partial charge in [-0.15, -0.1) is 0 Å². The molecule has 3 nitrogen and oxygen atoms in total. The molecule has 0 N–H and O–H groups in total. The molecular formula is C45H71Br2NO2. The number of benzene rings is 2. The van der Waals surface area contributed by atoms with Crippen LogP contribution in [0.2, 0.25) is 0 Å². The average Bonchev–Trinajstić information content (AvgIpc) is 3.36. The molecule has 0 aliphatic heterocycles. The van der Waals surface area contributed by atoms with Gasteiger partial charge in [-0.2, -0.15) is 0 Å². The van der Waals surface area contributed by atoms with Crippen LogP contribution in [0.15, 0.2) is 39.3 Å². The van der Waals surface area contributed by atoms with Gasteiger partial charge in [0, 0.05) is 20.4 Å². The van der Waals surface area contributed by atoms with Crippen LogP contribution in [0.3, 0.4) is 0 Å². The molecule has 0 atom stereocenters. The lowest BCUT2D eigenvalue weighted by atomic mass is 9.70. The second-order valence-corrected chi connectivity index (χ2v) is 17.4. The summed E-state index contributed by atoms with van der Waals surface area (Å²) < 4.78 is 1.89. The lowest BCUT2D eigenvalue weighted by Crippen LogP contribution is -2.25. The molecule has 0 saturated heterocycles. The number of hydrogen-bond acceptors (Lipinski definition) is 2. The summed E-state index contributed by atoms with van der Waals surface area (Å²) in [5, 5.41) is 12.4. The summed E-state index contributed by atoms with van der Waals surface area (Å²) in [4.78, 5) is 12.2. The number of nitro groups is 1. The molecule has 0 bridgehead atoms. The SMILES string of the molecule is CCCCCCCCCCCCCCCCC1(CCCCCCCCCCCCCCCC)c2cc(Br)ccc2-c2c([N+](=O)[O-])cc(Br)cc21. The Morgan fingerprint density at radius 1 is 0.500 bits per heavy atom. The highest BCUT2D eigenvalue weighted by Gasteiger charge is 2.45. The van der Waals surface area contributed by atoms with E-state index in [4.69, 9.17) is 0 Å². The van der Waals surface area contributed by atoms with E-state index in [2.05, 4.69) is 70.0 Å². The number of hydrogen-bond donors (Lipinski definition) is 0. The summed E-state index contributed by atoms with van der Waals surface area (Å²) >= 11 is 7.45. The van der Waals surface area contributed by atoms with Crippen LogP contribution in [0, 0.1) is 10.1 Å².